The minimum absolute atomic E-state index is 0.491. The zero-order valence-corrected chi connectivity index (χ0v) is 6.52. The molecule has 12 heavy (non-hydrogen) atoms. The van der Waals surface area contributed by atoms with Gasteiger partial charge in [0, 0.05) is 13.1 Å². The van der Waals surface area contributed by atoms with Gasteiger partial charge in [-0.05, 0) is 0 Å². The predicted molar refractivity (Wildman–Crippen MR) is 36.4 cm³/mol. The molecule has 1 aliphatic heterocycles. The number of hydrazine groups is 1. The molecule has 1 saturated heterocycles. The highest BCUT2D eigenvalue weighted by molar-refractivity contribution is 4.59. The lowest BCUT2D eigenvalue weighted by Crippen LogP contribution is -2.48. The van der Waals surface area contributed by atoms with Crippen molar-refractivity contribution in [2.24, 2.45) is 0 Å². The van der Waals surface area contributed by atoms with Gasteiger partial charge >= 0.3 is 6.18 Å². The van der Waals surface area contributed by atoms with Gasteiger partial charge in [-0.15, -0.1) is 0 Å². The van der Waals surface area contributed by atoms with Crippen LogP contribution >= 0.6 is 0 Å². The Kier molecular flexibility index (Phi) is 3.30. The summed E-state index contributed by atoms with van der Waals surface area (Å²) in [4.78, 5) is 0. The van der Waals surface area contributed by atoms with E-state index in [-0.39, 0.29) is 0 Å². The van der Waals surface area contributed by atoms with Crippen LogP contribution in [0.3, 0.4) is 0 Å². The van der Waals surface area contributed by atoms with Gasteiger partial charge in [0.15, 0.2) is 0 Å². The first-order valence-electron chi connectivity index (χ1n) is 3.71. The van der Waals surface area contributed by atoms with Gasteiger partial charge in [-0.2, -0.15) is 13.2 Å². The second-order valence-corrected chi connectivity index (χ2v) is 2.55. The molecule has 0 aromatic rings. The standard InChI is InChI=1S/C6H11F3N2O/c7-6(8,9)5-10-11-1-3-12-4-2-11/h10H,1-5H2. The summed E-state index contributed by atoms with van der Waals surface area (Å²) in [6.07, 6.45) is -4.14. The van der Waals surface area contributed by atoms with Crippen LogP contribution in [0.25, 0.3) is 0 Å². The van der Waals surface area contributed by atoms with Crippen molar-refractivity contribution in [2.75, 3.05) is 32.8 Å². The van der Waals surface area contributed by atoms with E-state index in [4.69, 9.17) is 4.74 Å². The molecule has 72 valence electrons. The molecule has 1 rings (SSSR count). The van der Waals surface area contributed by atoms with Crippen molar-refractivity contribution >= 4 is 0 Å². The Labute approximate surface area is 68.4 Å². The Morgan fingerprint density at radius 2 is 1.83 bits per heavy atom. The van der Waals surface area contributed by atoms with Crippen molar-refractivity contribution in [3.05, 3.63) is 0 Å². The van der Waals surface area contributed by atoms with Gasteiger partial charge in [0.25, 0.3) is 0 Å². The summed E-state index contributed by atoms with van der Waals surface area (Å²) < 4.78 is 40.0. The van der Waals surface area contributed by atoms with Crippen molar-refractivity contribution in [2.45, 2.75) is 6.18 Å². The number of hydrogen-bond acceptors (Lipinski definition) is 3. The van der Waals surface area contributed by atoms with Crippen LogP contribution in [0, 0.1) is 0 Å². The minimum atomic E-state index is -4.14. The molecule has 1 N–H and O–H groups in total. The third-order valence-electron chi connectivity index (χ3n) is 1.51. The van der Waals surface area contributed by atoms with E-state index in [9.17, 15) is 13.2 Å². The van der Waals surface area contributed by atoms with Crippen LogP contribution in [-0.2, 0) is 4.74 Å². The number of nitrogens with one attached hydrogen (secondary N) is 1. The lowest BCUT2D eigenvalue weighted by molar-refractivity contribution is -0.138. The normalized spacial score (nSPS) is 21.2. The van der Waals surface area contributed by atoms with Crippen LogP contribution in [-0.4, -0.2) is 44.0 Å². The maximum atomic E-state index is 11.7. The third kappa shape index (κ3) is 3.89. The van der Waals surface area contributed by atoms with Gasteiger partial charge < -0.3 is 4.74 Å². The topological polar surface area (TPSA) is 24.5 Å². The summed E-state index contributed by atoms with van der Waals surface area (Å²) in [6, 6.07) is 0. The van der Waals surface area contributed by atoms with Crippen molar-refractivity contribution < 1.29 is 17.9 Å². The predicted octanol–water partition coefficient (Wildman–Crippen LogP) is 0.385. The molecule has 0 amide bonds. The van der Waals surface area contributed by atoms with Crippen LogP contribution in [0.2, 0.25) is 0 Å². The Bertz CT molecular complexity index is 133. The molecule has 3 nitrogen and oxygen atoms in total. The van der Waals surface area contributed by atoms with Crippen molar-refractivity contribution in [3.8, 4) is 0 Å². The molecule has 0 saturated carbocycles. The summed E-state index contributed by atoms with van der Waals surface area (Å²) in [6.45, 7) is 1.04. The van der Waals surface area contributed by atoms with E-state index < -0.39 is 12.7 Å². The lowest BCUT2D eigenvalue weighted by atomic mass is 10.5. The average Bonchev–Trinajstić information content (AvgIpc) is 2.02. The molecule has 0 unspecified atom stereocenters. The lowest BCUT2D eigenvalue weighted by Gasteiger charge is -2.27. The number of nitrogens with zero attached hydrogens (tertiary/aromatic N) is 1. The quantitative estimate of drug-likeness (QED) is 0.671. The Hall–Kier alpha value is -0.330. The summed E-state index contributed by atoms with van der Waals surface area (Å²) in [5.41, 5.74) is 2.29. The highest BCUT2D eigenvalue weighted by Gasteiger charge is 2.27. The molecule has 0 atom stereocenters. The number of hydrogen-bond donors (Lipinski definition) is 1. The third-order valence-corrected chi connectivity index (χ3v) is 1.51. The number of alkyl halides is 3. The molecule has 0 radical (unpaired) electrons. The first kappa shape index (κ1) is 9.76. The second-order valence-electron chi connectivity index (χ2n) is 2.55. The first-order valence-corrected chi connectivity index (χ1v) is 3.71. The Morgan fingerprint density at radius 3 is 2.33 bits per heavy atom. The zero-order chi connectivity index (χ0) is 9.03. The van der Waals surface area contributed by atoms with Gasteiger partial charge in [-0.25, -0.2) is 10.4 Å². The van der Waals surface area contributed by atoms with Gasteiger partial charge in [-0.1, -0.05) is 0 Å². The van der Waals surface area contributed by atoms with Crippen LogP contribution in [0.1, 0.15) is 0 Å². The van der Waals surface area contributed by atoms with Crippen LogP contribution in [0.15, 0.2) is 0 Å². The largest absolute Gasteiger partial charge is 0.402 e. The zero-order valence-electron chi connectivity index (χ0n) is 6.52. The molecule has 1 fully saturated rings. The van der Waals surface area contributed by atoms with E-state index in [1.165, 1.54) is 5.01 Å². The maximum Gasteiger partial charge on any atom is 0.402 e. The van der Waals surface area contributed by atoms with Gasteiger partial charge in [0.05, 0.1) is 13.2 Å². The molecule has 1 aliphatic rings. The monoisotopic (exact) mass is 184 g/mol. The van der Waals surface area contributed by atoms with E-state index in [0.717, 1.165) is 0 Å². The molecule has 0 spiro atoms. The number of rotatable bonds is 2. The molecule has 0 aromatic heterocycles. The van der Waals surface area contributed by atoms with E-state index in [1.807, 2.05) is 0 Å². The fourth-order valence-electron chi connectivity index (χ4n) is 0.923. The van der Waals surface area contributed by atoms with E-state index >= 15 is 0 Å². The first-order chi connectivity index (χ1) is 5.58. The van der Waals surface area contributed by atoms with E-state index in [1.54, 1.807) is 0 Å². The highest BCUT2D eigenvalue weighted by atomic mass is 19.4. The van der Waals surface area contributed by atoms with E-state index in [2.05, 4.69) is 5.43 Å². The van der Waals surface area contributed by atoms with Crippen LogP contribution in [0.5, 0.6) is 0 Å². The van der Waals surface area contributed by atoms with Gasteiger partial charge in [0.1, 0.15) is 6.54 Å². The van der Waals surface area contributed by atoms with E-state index in [0.29, 0.717) is 26.3 Å². The smallest absolute Gasteiger partial charge is 0.379 e. The average molecular weight is 184 g/mol. The molecule has 6 heteroatoms. The molecular formula is C6H11F3N2O. The summed E-state index contributed by atoms with van der Waals surface area (Å²) >= 11 is 0. The number of halogens is 3. The van der Waals surface area contributed by atoms with Gasteiger partial charge in [-0.3, -0.25) is 0 Å². The molecule has 0 aliphatic carbocycles. The number of ether oxygens (including phenoxy) is 1. The second kappa shape index (κ2) is 4.06. The SMILES string of the molecule is FC(F)(F)CNN1CCOCC1. The fourth-order valence-corrected chi connectivity index (χ4v) is 0.923. The minimum Gasteiger partial charge on any atom is -0.379 e. The molecule has 0 aromatic carbocycles. The highest BCUT2D eigenvalue weighted by Crippen LogP contribution is 2.12. The molecular weight excluding hydrogens is 173 g/mol. The van der Waals surface area contributed by atoms with Crippen LogP contribution < -0.4 is 5.43 Å². The molecule has 0 bridgehead atoms. The summed E-state index contributed by atoms with van der Waals surface area (Å²) in [7, 11) is 0. The fraction of sp³-hybridized carbons (Fsp3) is 1.00. The Balaban J connectivity index is 2.13. The van der Waals surface area contributed by atoms with Crippen molar-refractivity contribution in [1.29, 1.82) is 0 Å². The van der Waals surface area contributed by atoms with Crippen molar-refractivity contribution in [1.82, 2.24) is 10.4 Å². The number of morpholine rings is 1. The molecule has 1 heterocycles. The summed E-state index contributed by atoms with van der Waals surface area (Å²) in [5.74, 6) is 0. The maximum absolute atomic E-state index is 11.7. The van der Waals surface area contributed by atoms with Gasteiger partial charge in [0.2, 0.25) is 0 Å². The summed E-state index contributed by atoms with van der Waals surface area (Å²) in [5, 5.41) is 1.52. The van der Waals surface area contributed by atoms with Crippen molar-refractivity contribution in [3.63, 3.8) is 0 Å². The Morgan fingerprint density at radius 1 is 1.25 bits per heavy atom. The van der Waals surface area contributed by atoms with Crippen LogP contribution in [0.4, 0.5) is 13.2 Å².